The SMILES string of the molecule is CCOC(=O)C(NC(=O)c1cccc(Nc2cc(-c3ccccc3)nc(C)n2)c1)c1ccccc1. The predicted molar refractivity (Wildman–Crippen MR) is 135 cm³/mol. The maximum Gasteiger partial charge on any atom is 0.333 e. The number of nitrogens with zero attached hydrogens (tertiary/aromatic N) is 2. The number of amides is 1. The maximum absolute atomic E-state index is 13.1. The van der Waals surface area contributed by atoms with E-state index < -0.39 is 12.0 Å². The van der Waals surface area contributed by atoms with Gasteiger partial charge in [-0.15, -0.1) is 0 Å². The van der Waals surface area contributed by atoms with E-state index in [2.05, 4.69) is 20.6 Å². The third-order valence-corrected chi connectivity index (χ3v) is 5.24. The van der Waals surface area contributed by atoms with E-state index in [1.54, 1.807) is 37.3 Å². The van der Waals surface area contributed by atoms with Gasteiger partial charge in [-0.25, -0.2) is 14.8 Å². The summed E-state index contributed by atoms with van der Waals surface area (Å²) in [5, 5.41) is 6.05. The number of aromatic nitrogens is 2. The molecule has 0 aliphatic rings. The normalized spacial score (nSPS) is 11.4. The Balaban J connectivity index is 1.54. The molecule has 0 saturated carbocycles. The van der Waals surface area contributed by atoms with E-state index in [1.165, 1.54) is 0 Å². The Morgan fingerprint density at radius 2 is 1.60 bits per heavy atom. The quantitative estimate of drug-likeness (QED) is 0.346. The average molecular weight is 467 g/mol. The number of rotatable bonds is 8. The fourth-order valence-corrected chi connectivity index (χ4v) is 3.64. The van der Waals surface area contributed by atoms with Gasteiger partial charge in [-0.3, -0.25) is 4.79 Å². The molecule has 7 heteroatoms. The third-order valence-electron chi connectivity index (χ3n) is 5.24. The fourth-order valence-electron chi connectivity index (χ4n) is 3.64. The van der Waals surface area contributed by atoms with Crippen LogP contribution in [-0.2, 0) is 9.53 Å². The Labute approximate surface area is 204 Å². The number of benzene rings is 3. The molecule has 176 valence electrons. The molecule has 0 spiro atoms. The van der Waals surface area contributed by atoms with Gasteiger partial charge >= 0.3 is 5.97 Å². The van der Waals surface area contributed by atoms with Crippen LogP contribution >= 0.6 is 0 Å². The first-order valence-electron chi connectivity index (χ1n) is 11.3. The number of aryl methyl sites for hydroxylation is 1. The molecule has 0 aliphatic carbocycles. The van der Waals surface area contributed by atoms with Crippen LogP contribution in [0, 0.1) is 6.92 Å². The number of anilines is 2. The molecular weight excluding hydrogens is 440 g/mol. The number of hydrogen-bond acceptors (Lipinski definition) is 6. The molecule has 4 aromatic rings. The number of esters is 1. The number of hydrogen-bond donors (Lipinski definition) is 2. The van der Waals surface area contributed by atoms with Gasteiger partial charge in [0, 0.05) is 22.9 Å². The second kappa shape index (κ2) is 11.1. The molecule has 1 heterocycles. The standard InChI is InChI=1S/C28H26N4O3/c1-3-35-28(34)26(21-13-8-5-9-14-21)32-27(33)22-15-10-16-23(17-22)31-25-18-24(29-19(2)30-25)20-11-6-4-7-12-20/h4-18,26H,3H2,1-2H3,(H,32,33)(H,29,30,31). The second-order valence-electron chi connectivity index (χ2n) is 7.83. The van der Waals surface area contributed by atoms with Crippen molar-refractivity contribution in [2.75, 3.05) is 11.9 Å². The molecule has 3 aromatic carbocycles. The Bertz CT molecular complexity index is 1310. The highest BCUT2D eigenvalue weighted by atomic mass is 16.5. The summed E-state index contributed by atoms with van der Waals surface area (Å²) in [6, 6.07) is 26.9. The topological polar surface area (TPSA) is 93.2 Å². The molecule has 0 fully saturated rings. The summed E-state index contributed by atoms with van der Waals surface area (Å²) >= 11 is 0. The zero-order valence-electron chi connectivity index (χ0n) is 19.6. The first kappa shape index (κ1) is 23.6. The second-order valence-corrected chi connectivity index (χ2v) is 7.83. The van der Waals surface area contributed by atoms with Gasteiger partial charge in [-0.2, -0.15) is 0 Å². The Kier molecular flexibility index (Phi) is 7.47. The van der Waals surface area contributed by atoms with Crippen molar-refractivity contribution in [3.05, 3.63) is 108 Å². The molecule has 1 aromatic heterocycles. The summed E-state index contributed by atoms with van der Waals surface area (Å²) in [6.07, 6.45) is 0. The van der Waals surface area contributed by atoms with Gasteiger partial charge in [0.1, 0.15) is 11.6 Å². The molecule has 7 nitrogen and oxygen atoms in total. The Hall–Kier alpha value is -4.52. The average Bonchev–Trinajstić information content (AvgIpc) is 2.88. The first-order chi connectivity index (χ1) is 17.0. The largest absolute Gasteiger partial charge is 0.464 e. The number of ether oxygens (including phenoxy) is 1. The minimum absolute atomic E-state index is 0.223. The van der Waals surface area contributed by atoms with Gasteiger partial charge in [0.15, 0.2) is 6.04 Å². The lowest BCUT2D eigenvalue weighted by Crippen LogP contribution is -2.35. The molecule has 0 bridgehead atoms. The molecule has 0 saturated heterocycles. The van der Waals surface area contributed by atoms with Crippen molar-refractivity contribution < 1.29 is 14.3 Å². The molecule has 2 N–H and O–H groups in total. The van der Waals surface area contributed by atoms with Crippen LogP contribution in [0.25, 0.3) is 11.3 Å². The van der Waals surface area contributed by atoms with Gasteiger partial charge in [-0.05, 0) is 37.6 Å². The van der Waals surface area contributed by atoms with Crippen molar-refractivity contribution in [1.82, 2.24) is 15.3 Å². The predicted octanol–water partition coefficient (Wildman–Crippen LogP) is 5.23. The number of carbonyl (C=O) groups excluding carboxylic acids is 2. The maximum atomic E-state index is 13.1. The summed E-state index contributed by atoms with van der Waals surface area (Å²) in [5.74, 6) is 0.344. The number of carbonyl (C=O) groups is 2. The number of nitrogens with one attached hydrogen (secondary N) is 2. The van der Waals surface area contributed by atoms with E-state index in [9.17, 15) is 9.59 Å². The molecule has 4 rings (SSSR count). The van der Waals surface area contributed by atoms with Gasteiger partial charge < -0.3 is 15.4 Å². The van der Waals surface area contributed by atoms with Gasteiger partial charge in [0.2, 0.25) is 0 Å². The lowest BCUT2D eigenvalue weighted by Gasteiger charge is -2.18. The van der Waals surface area contributed by atoms with E-state index in [0.29, 0.717) is 28.5 Å². The van der Waals surface area contributed by atoms with Crippen LogP contribution in [-0.4, -0.2) is 28.5 Å². The van der Waals surface area contributed by atoms with E-state index in [-0.39, 0.29) is 12.5 Å². The summed E-state index contributed by atoms with van der Waals surface area (Å²) in [6.45, 7) is 3.79. The zero-order valence-corrected chi connectivity index (χ0v) is 19.6. The van der Waals surface area contributed by atoms with Gasteiger partial charge in [0.05, 0.1) is 12.3 Å². The van der Waals surface area contributed by atoms with Crippen molar-refractivity contribution in [1.29, 1.82) is 0 Å². The van der Waals surface area contributed by atoms with Crippen molar-refractivity contribution in [3.63, 3.8) is 0 Å². The molecule has 35 heavy (non-hydrogen) atoms. The molecule has 1 unspecified atom stereocenters. The molecule has 1 amide bonds. The van der Waals surface area contributed by atoms with E-state index >= 15 is 0 Å². The van der Waals surface area contributed by atoms with Crippen LogP contribution < -0.4 is 10.6 Å². The summed E-state index contributed by atoms with van der Waals surface area (Å²) in [7, 11) is 0. The zero-order chi connectivity index (χ0) is 24.6. The lowest BCUT2D eigenvalue weighted by molar-refractivity contribution is -0.145. The highest BCUT2D eigenvalue weighted by Crippen LogP contribution is 2.23. The lowest BCUT2D eigenvalue weighted by atomic mass is 10.1. The van der Waals surface area contributed by atoms with Crippen LogP contribution in [0.5, 0.6) is 0 Å². The van der Waals surface area contributed by atoms with Crippen LogP contribution in [0.1, 0.15) is 34.7 Å². The smallest absolute Gasteiger partial charge is 0.333 e. The summed E-state index contributed by atoms with van der Waals surface area (Å²) < 4.78 is 5.18. The van der Waals surface area contributed by atoms with Gasteiger partial charge in [0.25, 0.3) is 5.91 Å². The molecular formula is C28H26N4O3. The Morgan fingerprint density at radius 1 is 0.886 bits per heavy atom. The Morgan fingerprint density at radius 3 is 2.31 bits per heavy atom. The summed E-state index contributed by atoms with van der Waals surface area (Å²) in [5.41, 5.74) is 3.52. The van der Waals surface area contributed by atoms with Crippen molar-refractivity contribution in [2.45, 2.75) is 19.9 Å². The van der Waals surface area contributed by atoms with Crippen molar-refractivity contribution in [2.24, 2.45) is 0 Å². The highest BCUT2D eigenvalue weighted by molar-refractivity contribution is 5.98. The molecule has 0 aliphatic heterocycles. The minimum Gasteiger partial charge on any atom is -0.464 e. The van der Waals surface area contributed by atoms with Crippen LogP contribution in [0.2, 0.25) is 0 Å². The monoisotopic (exact) mass is 466 g/mol. The van der Waals surface area contributed by atoms with E-state index in [1.807, 2.05) is 67.6 Å². The van der Waals surface area contributed by atoms with Gasteiger partial charge in [-0.1, -0.05) is 66.7 Å². The van der Waals surface area contributed by atoms with Crippen LogP contribution in [0.4, 0.5) is 11.5 Å². The molecule has 1 atom stereocenters. The highest BCUT2D eigenvalue weighted by Gasteiger charge is 2.24. The van der Waals surface area contributed by atoms with Crippen LogP contribution in [0.3, 0.4) is 0 Å². The minimum atomic E-state index is -0.904. The summed E-state index contributed by atoms with van der Waals surface area (Å²) in [4.78, 5) is 34.6. The van der Waals surface area contributed by atoms with E-state index in [0.717, 1.165) is 11.3 Å². The van der Waals surface area contributed by atoms with Crippen LogP contribution in [0.15, 0.2) is 91.0 Å². The van der Waals surface area contributed by atoms with E-state index in [4.69, 9.17) is 4.74 Å². The molecule has 0 radical (unpaired) electrons. The van der Waals surface area contributed by atoms with Crippen molar-refractivity contribution >= 4 is 23.4 Å². The van der Waals surface area contributed by atoms with Crippen molar-refractivity contribution in [3.8, 4) is 11.3 Å². The first-order valence-corrected chi connectivity index (χ1v) is 11.3. The fraction of sp³-hybridized carbons (Fsp3) is 0.143. The third kappa shape index (κ3) is 6.09.